The Morgan fingerprint density at radius 1 is 1.53 bits per heavy atom. The largest absolute Gasteiger partial charge is 0.314 e. The summed E-state index contributed by atoms with van der Waals surface area (Å²) in [5, 5.41) is 14.0. The van der Waals surface area contributed by atoms with E-state index in [9.17, 15) is 10.1 Å². The molecule has 0 aromatic heterocycles. The quantitative estimate of drug-likeness (QED) is 0.644. The van der Waals surface area contributed by atoms with Crippen LogP contribution in [0.5, 0.6) is 0 Å². The van der Waals surface area contributed by atoms with Crippen LogP contribution in [0.15, 0.2) is 22.7 Å². The molecule has 1 heterocycles. The second-order valence-corrected chi connectivity index (χ2v) is 5.67. The van der Waals surface area contributed by atoms with Crippen LogP contribution >= 0.6 is 15.9 Å². The molecule has 1 aliphatic heterocycles. The van der Waals surface area contributed by atoms with E-state index in [-0.39, 0.29) is 10.6 Å². The Kier molecular flexibility index (Phi) is 4.90. The summed E-state index contributed by atoms with van der Waals surface area (Å²) < 4.78 is 0.815. The van der Waals surface area contributed by atoms with E-state index in [0.717, 1.165) is 42.6 Å². The molecule has 1 saturated heterocycles. The van der Waals surface area contributed by atoms with Gasteiger partial charge in [-0.05, 0) is 24.6 Å². The van der Waals surface area contributed by atoms with Crippen molar-refractivity contribution in [2.45, 2.75) is 25.9 Å². The Morgan fingerprint density at radius 3 is 2.74 bits per heavy atom. The van der Waals surface area contributed by atoms with Crippen LogP contribution < -0.4 is 5.32 Å². The molecule has 6 heteroatoms. The zero-order chi connectivity index (χ0) is 13.8. The van der Waals surface area contributed by atoms with Crippen LogP contribution in [0.3, 0.4) is 0 Å². The lowest BCUT2D eigenvalue weighted by Gasteiger charge is -2.38. The fourth-order valence-electron chi connectivity index (χ4n) is 2.21. The van der Waals surface area contributed by atoms with Crippen molar-refractivity contribution in [3.63, 3.8) is 0 Å². The predicted molar refractivity (Wildman–Crippen MR) is 78.2 cm³/mol. The Labute approximate surface area is 121 Å². The zero-order valence-corrected chi connectivity index (χ0v) is 12.5. The number of non-ortho nitro benzene ring substituents is 1. The van der Waals surface area contributed by atoms with E-state index < -0.39 is 0 Å². The van der Waals surface area contributed by atoms with Crippen molar-refractivity contribution in [1.29, 1.82) is 0 Å². The van der Waals surface area contributed by atoms with Crippen LogP contribution in [0, 0.1) is 10.1 Å². The van der Waals surface area contributed by atoms with Crippen molar-refractivity contribution in [3.05, 3.63) is 38.3 Å². The van der Waals surface area contributed by atoms with Crippen molar-refractivity contribution in [3.8, 4) is 0 Å². The third-order valence-electron chi connectivity index (χ3n) is 3.41. The summed E-state index contributed by atoms with van der Waals surface area (Å²) in [6.07, 6.45) is 1.11. The van der Waals surface area contributed by atoms with E-state index in [2.05, 4.69) is 33.1 Å². The van der Waals surface area contributed by atoms with Gasteiger partial charge in [0.1, 0.15) is 0 Å². The molecule has 19 heavy (non-hydrogen) atoms. The fourth-order valence-corrected chi connectivity index (χ4v) is 2.70. The summed E-state index contributed by atoms with van der Waals surface area (Å²) in [5.41, 5.74) is 1.23. The summed E-state index contributed by atoms with van der Waals surface area (Å²) in [7, 11) is 0. The molecule has 1 aromatic carbocycles. The molecule has 0 spiro atoms. The second kappa shape index (κ2) is 6.45. The highest BCUT2D eigenvalue weighted by Crippen LogP contribution is 2.25. The summed E-state index contributed by atoms with van der Waals surface area (Å²) >= 11 is 3.44. The minimum absolute atomic E-state index is 0.128. The number of nitrogens with one attached hydrogen (secondary N) is 1. The van der Waals surface area contributed by atoms with Gasteiger partial charge >= 0.3 is 0 Å². The fraction of sp³-hybridized carbons (Fsp3) is 0.538. The first-order chi connectivity index (χ1) is 9.11. The molecule has 0 aliphatic carbocycles. The highest BCUT2D eigenvalue weighted by Gasteiger charge is 2.24. The first-order valence-electron chi connectivity index (χ1n) is 6.49. The maximum atomic E-state index is 10.7. The van der Waals surface area contributed by atoms with Crippen molar-refractivity contribution in [1.82, 2.24) is 10.2 Å². The van der Waals surface area contributed by atoms with Gasteiger partial charge in [-0.25, -0.2) is 0 Å². The number of hydrogen-bond acceptors (Lipinski definition) is 4. The molecule has 1 fully saturated rings. The molecule has 0 bridgehead atoms. The summed E-state index contributed by atoms with van der Waals surface area (Å²) in [6, 6.07) is 5.58. The van der Waals surface area contributed by atoms with Crippen molar-refractivity contribution < 1.29 is 4.92 Å². The number of nitro groups is 1. The Balaban J connectivity index is 2.09. The first kappa shape index (κ1) is 14.4. The topological polar surface area (TPSA) is 58.4 Å². The lowest BCUT2D eigenvalue weighted by Crippen LogP contribution is -2.57. The summed E-state index contributed by atoms with van der Waals surface area (Å²) in [6.45, 7) is 6.12. The smallest absolute Gasteiger partial charge is 0.270 e. The maximum absolute atomic E-state index is 10.7. The molecule has 0 atom stereocenters. The highest BCUT2D eigenvalue weighted by molar-refractivity contribution is 9.10. The van der Waals surface area contributed by atoms with Gasteiger partial charge in [-0.1, -0.05) is 22.9 Å². The Hall–Kier alpha value is -0.980. The standard InChI is InChI=1S/C13H18BrN3O2/c1-2-5-16(12-7-15-8-12)9-10-3-4-11(17(18)19)6-13(10)14/h3-4,6,12,15H,2,5,7-9H2,1H3. The normalized spacial score (nSPS) is 15.5. The molecule has 0 radical (unpaired) electrons. The van der Waals surface area contributed by atoms with E-state index in [1.165, 1.54) is 0 Å². The molecule has 1 N–H and O–H groups in total. The molecule has 0 amide bonds. The zero-order valence-electron chi connectivity index (χ0n) is 10.9. The molecular weight excluding hydrogens is 310 g/mol. The van der Waals surface area contributed by atoms with E-state index >= 15 is 0 Å². The first-order valence-corrected chi connectivity index (χ1v) is 7.28. The van der Waals surface area contributed by atoms with Gasteiger partial charge < -0.3 is 5.32 Å². The van der Waals surface area contributed by atoms with E-state index in [1.807, 2.05) is 6.07 Å². The molecule has 0 saturated carbocycles. The number of benzene rings is 1. The number of halogens is 1. The Bertz CT molecular complexity index is 463. The molecule has 104 valence electrons. The molecule has 1 aromatic rings. The van der Waals surface area contributed by atoms with Crippen molar-refractivity contribution >= 4 is 21.6 Å². The maximum Gasteiger partial charge on any atom is 0.270 e. The van der Waals surface area contributed by atoms with Gasteiger partial charge in [-0.3, -0.25) is 15.0 Å². The van der Waals surface area contributed by atoms with Crippen LogP contribution in [-0.2, 0) is 6.54 Å². The van der Waals surface area contributed by atoms with E-state index in [0.29, 0.717) is 6.04 Å². The van der Waals surface area contributed by atoms with Crippen LogP contribution in [0.4, 0.5) is 5.69 Å². The van der Waals surface area contributed by atoms with Gasteiger partial charge in [-0.15, -0.1) is 0 Å². The monoisotopic (exact) mass is 327 g/mol. The number of rotatable bonds is 6. The van der Waals surface area contributed by atoms with Crippen LogP contribution in [0.1, 0.15) is 18.9 Å². The van der Waals surface area contributed by atoms with E-state index in [4.69, 9.17) is 0 Å². The van der Waals surface area contributed by atoms with Crippen LogP contribution in [-0.4, -0.2) is 35.5 Å². The summed E-state index contributed by atoms with van der Waals surface area (Å²) in [5.74, 6) is 0. The number of nitro benzene ring substituents is 1. The van der Waals surface area contributed by atoms with Gasteiger partial charge in [-0.2, -0.15) is 0 Å². The van der Waals surface area contributed by atoms with E-state index in [1.54, 1.807) is 12.1 Å². The molecule has 1 aliphatic rings. The molecule has 5 nitrogen and oxygen atoms in total. The summed E-state index contributed by atoms with van der Waals surface area (Å²) in [4.78, 5) is 12.8. The third kappa shape index (κ3) is 3.52. The SMILES string of the molecule is CCCN(Cc1ccc([N+](=O)[O-])cc1Br)C1CNC1. The lowest BCUT2D eigenvalue weighted by molar-refractivity contribution is -0.384. The Morgan fingerprint density at radius 2 is 2.26 bits per heavy atom. The van der Waals surface area contributed by atoms with Gasteiger partial charge in [0.15, 0.2) is 0 Å². The molecule has 2 rings (SSSR count). The van der Waals surface area contributed by atoms with Crippen molar-refractivity contribution in [2.75, 3.05) is 19.6 Å². The molecular formula is C13H18BrN3O2. The van der Waals surface area contributed by atoms with Crippen LogP contribution in [0.2, 0.25) is 0 Å². The third-order valence-corrected chi connectivity index (χ3v) is 4.15. The van der Waals surface area contributed by atoms with Gasteiger partial charge in [0, 0.05) is 42.3 Å². The van der Waals surface area contributed by atoms with Crippen molar-refractivity contribution in [2.24, 2.45) is 0 Å². The predicted octanol–water partition coefficient (Wildman–Crippen LogP) is 2.54. The number of nitrogens with zero attached hydrogens (tertiary/aromatic N) is 2. The molecule has 0 unspecified atom stereocenters. The average Bonchev–Trinajstić information content (AvgIpc) is 2.29. The lowest BCUT2D eigenvalue weighted by atomic mass is 10.1. The average molecular weight is 328 g/mol. The minimum atomic E-state index is -0.367. The van der Waals surface area contributed by atoms with Gasteiger partial charge in [0.2, 0.25) is 0 Å². The minimum Gasteiger partial charge on any atom is -0.314 e. The second-order valence-electron chi connectivity index (χ2n) is 4.82. The number of hydrogen-bond donors (Lipinski definition) is 1. The highest BCUT2D eigenvalue weighted by atomic mass is 79.9. The van der Waals surface area contributed by atoms with Gasteiger partial charge in [0.05, 0.1) is 4.92 Å². The van der Waals surface area contributed by atoms with Gasteiger partial charge in [0.25, 0.3) is 5.69 Å². The van der Waals surface area contributed by atoms with Crippen LogP contribution in [0.25, 0.3) is 0 Å².